The van der Waals surface area contributed by atoms with Gasteiger partial charge in [-0.25, -0.2) is 4.39 Å². The van der Waals surface area contributed by atoms with Crippen LogP contribution in [0, 0.1) is 5.82 Å². The van der Waals surface area contributed by atoms with Gasteiger partial charge in [0.15, 0.2) is 17.8 Å². The Labute approximate surface area is 174 Å². The van der Waals surface area contributed by atoms with Crippen molar-refractivity contribution in [3.63, 3.8) is 0 Å². The molecular weight excluding hydrogens is 417 g/mol. The summed E-state index contributed by atoms with van der Waals surface area (Å²) in [5, 5.41) is 11.1. The molecule has 1 aliphatic heterocycles. The van der Waals surface area contributed by atoms with Crippen LogP contribution in [0.1, 0.15) is 18.1 Å². The molecule has 152 valence electrons. The first kappa shape index (κ1) is 19.9. The van der Waals surface area contributed by atoms with E-state index in [1.54, 1.807) is 11.3 Å². The SMILES string of the molecule is CCn1c(SCC(=O)OCc2cc(F)cc3c2OCOC3)nnc1-c1cccs1. The molecule has 0 unspecified atom stereocenters. The van der Waals surface area contributed by atoms with Gasteiger partial charge in [0.2, 0.25) is 0 Å². The number of ether oxygens (including phenoxy) is 3. The molecule has 1 aliphatic rings. The highest BCUT2D eigenvalue weighted by molar-refractivity contribution is 7.99. The minimum Gasteiger partial charge on any atom is -0.467 e. The molecule has 3 aromatic rings. The molecule has 1 aromatic carbocycles. The lowest BCUT2D eigenvalue weighted by atomic mass is 10.1. The normalized spacial score (nSPS) is 13.0. The Morgan fingerprint density at radius 3 is 3.10 bits per heavy atom. The average Bonchev–Trinajstić information content (AvgIpc) is 3.39. The van der Waals surface area contributed by atoms with Gasteiger partial charge in [-0.2, -0.15) is 0 Å². The summed E-state index contributed by atoms with van der Waals surface area (Å²) in [5.74, 6) is 0.525. The highest BCUT2D eigenvalue weighted by atomic mass is 32.2. The van der Waals surface area contributed by atoms with Crippen molar-refractivity contribution in [2.75, 3.05) is 12.5 Å². The van der Waals surface area contributed by atoms with E-state index in [4.69, 9.17) is 14.2 Å². The quantitative estimate of drug-likeness (QED) is 0.412. The topological polar surface area (TPSA) is 75.5 Å². The van der Waals surface area contributed by atoms with Crippen molar-refractivity contribution in [1.29, 1.82) is 0 Å². The molecule has 0 atom stereocenters. The van der Waals surface area contributed by atoms with E-state index in [1.165, 1.54) is 23.9 Å². The van der Waals surface area contributed by atoms with E-state index in [0.717, 1.165) is 10.7 Å². The number of rotatable bonds is 7. The van der Waals surface area contributed by atoms with Crippen LogP contribution in [0.2, 0.25) is 0 Å². The third-order valence-corrected chi connectivity index (χ3v) is 6.04. The maximum atomic E-state index is 13.8. The fraction of sp³-hybridized carbons (Fsp3) is 0.316. The molecule has 0 fully saturated rings. The molecular formula is C19H18FN3O4S2. The molecule has 0 amide bonds. The van der Waals surface area contributed by atoms with Gasteiger partial charge >= 0.3 is 5.97 Å². The summed E-state index contributed by atoms with van der Waals surface area (Å²) in [6, 6.07) is 6.61. The maximum absolute atomic E-state index is 13.8. The van der Waals surface area contributed by atoms with E-state index in [1.807, 2.05) is 29.0 Å². The summed E-state index contributed by atoms with van der Waals surface area (Å²) in [5.41, 5.74) is 1.09. The van der Waals surface area contributed by atoms with Crippen LogP contribution in [-0.4, -0.2) is 33.3 Å². The lowest BCUT2D eigenvalue weighted by Gasteiger charge is -2.20. The van der Waals surface area contributed by atoms with Crippen molar-refractivity contribution in [3.05, 3.63) is 46.6 Å². The number of esters is 1. The van der Waals surface area contributed by atoms with Crippen molar-refractivity contribution in [2.24, 2.45) is 0 Å². The number of thiophene rings is 1. The third-order valence-electron chi connectivity index (χ3n) is 4.23. The number of carbonyl (C=O) groups is 1. The van der Waals surface area contributed by atoms with E-state index in [9.17, 15) is 9.18 Å². The van der Waals surface area contributed by atoms with Crippen molar-refractivity contribution in [2.45, 2.75) is 31.8 Å². The largest absolute Gasteiger partial charge is 0.467 e. The molecule has 0 spiro atoms. The van der Waals surface area contributed by atoms with Crippen LogP contribution < -0.4 is 4.74 Å². The number of nitrogens with zero attached hydrogens (tertiary/aromatic N) is 3. The molecule has 2 aromatic heterocycles. The van der Waals surface area contributed by atoms with E-state index in [-0.39, 0.29) is 25.8 Å². The van der Waals surface area contributed by atoms with Gasteiger partial charge in [-0.3, -0.25) is 4.79 Å². The molecule has 3 heterocycles. The standard InChI is InChI=1S/C19H18FN3O4S2/c1-2-23-18(15-4-3-5-28-15)21-22-19(23)29-10-16(24)26-9-13-7-14(20)6-12-8-25-11-27-17(12)13/h3-7H,2,8-11H2,1H3. The number of benzene rings is 1. The van der Waals surface area contributed by atoms with Crippen LogP contribution >= 0.6 is 23.1 Å². The zero-order valence-electron chi connectivity index (χ0n) is 15.6. The van der Waals surface area contributed by atoms with Gasteiger partial charge in [0.25, 0.3) is 0 Å². The van der Waals surface area contributed by atoms with Crippen LogP contribution in [0.25, 0.3) is 10.7 Å². The monoisotopic (exact) mass is 435 g/mol. The lowest BCUT2D eigenvalue weighted by Crippen LogP contribution is -2.15. The number of hydrogen-bond acceptors (Lipinski definition) is 8. The average molecular weight is 436 g/mol. The second kappa shape index (κ2) is 8.93. The number of fused-ring (bicyclic) bond motifs is 1. The summed E-state index contributed by atoms with van der Waals surface area (Å²) in [7, 11) is 0. The molecule has 4 rings (SSSR count). The molecule has 7 nitrogen and oxygen atoms in total. The molecule has 0 aliphatic carbocycles. The Morgan fingerprint density at radius 1 is 1.41 bits per heavy atom. The van der Waals surface area contributed by atoms with E-state index in [2.05, 4.69) is 10.2 Å². The van der Waals surface area contributed by atoms with Gasteiger partial charge in [0.05, 0.1) is 17.2 Å². The molecule has 0 bridgehead atoms. The Bertz CT molecular complexity index is 1010. The van der Waals surface area contributed by atoms with E-state index in [0.29, 0.717) is 28.6 Å². The van der Waals surface area contributed by atoms with Gasteiger partial charge in [0, 0.05) is 17.7 Å². The molecule has 0 saturated heterocycles. The lowest BCUT2D eigenvalue weighted by molar-refractivity contribution is -0.141. The third kappa shape index (κ3) is 4.44. The number of halogens is 1. The first-order chi connectivity index (χ1) is 14.2. The first-order valence-electron chi connectivity index (χ1n) is 8.93. The second-order valence-corrected chi connectivity index (χ2v) is 8.03. The Kier molecular flexibility index (Phi) is 6.12. The fourth-order valence-electron chi connectivity index (χ4n) is 2.96. The summed E-state index contributed by atoms with van der Waals surface area (Å²) in [6.07, 6.45) is 0. The van der Waals surface area contributed by atoms with Gasteiger partial charge in [-0.15, -0.1) is 21.5 Å². The van der Waals surface area contributed by atoms with E-state index >= 15 is 0 Å². The van der Waals surface area contributed by atoms with Crippen LogP contribution in [0.5, 0.6) is 5.75 Å². The van der Waals surface area contributed by atoms with Crippen molar-refractivity contribution < 1.29 is 23.4 Å². The predicted molar refractivity (Wildman–Crippen MR) is 106 cm³/mol. The van der Waals surface area contributed by atoms with E-state index < -0.39 is 11.8 Å². The van der Waals surface area contributed by atoms with Crippen LogP contribution in [0.3, 0.4) is 0 Å². The number of hydrogen-bond donors (Lipinski definition) is 0. The summed E-state index contributed by atoms with van der Waals surface area (Å²) < 4.78 is 31.6. The number of carbonyl (C=O) groups excluding carboxylic acids is 1. The number of thioether (sulfide) groups is 1. The van der Waals surface area contributed by atoms with Gasteiger partial charge < -0.3 is 18.8 Å². The molecule has 0 N–H and O–H groups in total. The number of aromatic nitrogens is 3. The smallest absolute Gasteiger partial charge is 0.316 e. The van der Waals surface area contributed by atoms with Crippen LogP contribution in [-0.2, 0) is 34.0 Å². The van der Waals surface area contributed by atoms with Crippen molar-refractivity contribution in [3.8, 4) is 16.5 Å². The van der Waals surface area contributed by atoms with Gasteiger partial charge in [0.1, 0.15) is 18.2 Å². The Morgan fingerprint density at radius 2 is 2.31 bits per heavy atom. The summed E-state index contributed by atoms with van der Waals surface area (Å²) in [6.45, 7) is 2.98. The zero-order chi connectivity index (χ0) is 20.2. The molecule has 0 radical (unpaired) electrons. The molecule has 0 saturated carbocycles. The summed E-state index contributed by atoms with van der Waals surface area (Å²) >= 11 is 2.84. The second-order valence-electron chi connectivity index (χ2n) is 6.14. The first-order valence-corrected chi connectivity index (χ1v) is 10.8. The van der Waals surface area contributed by atoms with Gasteiger partial charge in [-0.05, 0) is 30.5 Å². The van der Waals surface area contributed by atoms with Crippen molar-refractivity contribution >= 4 is 29.1 Å². The predicted octanol–water partition coefficient (Wildman–Crippen LogP) is 3.87. The molecule has 10 heteroatoms. The summed E-state index contributed by atoms with van der Waals surface area (Å²) in [4.78, 5) is 13.2. The molecule has 29 heavy (non-hydrogen) atoms. The highest BCUT2D eigenvalue weighted by Crippen LogP contribution is 2.30. The van der Waals surface area contributed by atoms with Crippen LogP contribution in [0.15, 0.2) is 34.8 Å². The van der Waals surface area contributed by atoms with Crippen LogP contribution in [0.4, 0.5) is 4.39 Å². The zero-order valence-corrected chi connectivity index (χ0v) is 17.2. The Hall–Kier alpha value is -2.43. The minimum absolute atomic E-state index is 0.0690. The van der Waals surface area contributed by atoms with Gasteiger partial charge in [-0.1, -0.05) is 17.8 Å². The highest BCUT2D eigenvalue weighted by Gasteiger charge is 2.19. The Balaban J connectivity index is 1.38. The van der Waals surface area contributed by atoms with Crippen molar-refractivity contribution in [1.82, 2.24) is 14.8 Å². The minimum atomic E-state index is -0.427. The maximum Gasteiger partial charge on any atom is 0.316 e. The fourth-order valence-corrected chi connectivity index (χ4v) is 4.47.